The molecule has 0 aliphatic rings. The van der Waals surface area contributed by atoms with Crippen LogP contribution in [0.3, 0.4) is 0 Å². The van der Waals surface area contributed by atoms with Gasteiger partial charge in [-0.1, -0.05) is 13.8 Å². The number of hydrogen-bond acceptors (Lipinski definition) is 4. The first-order chi connectivity index (χ1) is 10.9. The van der Waals surface area contributed by atoms with Gasteiger partial charge in [0.2, 0.25) is 5.91 Å². The molecular formula is C16H22N2O5. The SMILES string of the molecule is CC(C)CCOc1ccc(C(=O)NNC(=O)CCC(=O)O)cc1. The van der Waals surface area contributed by atoms with Gasteiger partial charge in [0, 0.05) is 12.0 Å². The Kier molecular flexibility index (Phi) is 7.59. The summed E-state index contributed by atoms with van der Waals surface area (Å²) in [4.78, 5) is 33.4. The average Bonchev–Trinajstić information content (AvgIpc) is 2.51. The van der Waals surface area contributed by atoms with Crippen molar-refractivity contribution in [3.63, 3.8) is 0 Å². The Hall–Kier alpha value is -2.57. The fraction of sp³-hybridized carbons (Fsp3) is 0.438. The number of hydrogen-bond donors (Lipinski definition) is 3. The van der Waals surface area contributed by atoms with Crippen molar-refractivity contribution < 1.29 is 24.2 Å². The summed E-state index contributed by atoms with van der Waals surface area (Å²) in [5.41, 5.74) is 4.75. The number of carbonyl (C=O) groups excluding carboxylic acids is 2. The van der Waals surface area contributed by atoms with Crippen LogP contribution >= 0.6 is 0 Å². The minimum absolute atomic E-state index is 0.196. The Morgan fingerprint density at radius 3 is 2.30 bits per heavy atom. The second-order valence-corrected chi connectivity index (χ2v) is 5.45. The second kappa shape index (κ2) is 9.45. The summed E-state index contributed by atoms with van der Waals surface area (Å²) < 4.78 is 5.55. The van der Waals surface area contributed by atoms with Crippen molar-refractivity contribution in [3.05, 3.63) is 29.8 Å². The van der Waals surface area contributed by atoms with Crippen LogP contribution in [0.4, 0.5) is 0 Å². The lowest BCUT2D eigenvalue weighted by atomic mass is 10.1. The molecule has 0 aromatic heterocycles. The number of carbonyl (C=O) groups is 3. The first kappa shape index (κ1) is 18.5. The smallest absolute Gasteiger partial charge is 0.303 e. The predicted molar refractivity (Wildman–Crippen MR) is 83.9 cm³/mol. The van der Waals surface area contributed by atoms with Crippen LogP contribution in [-0.2, 0) is 9.59 Å². The molecule has 1 aromatic rings. The van der Waals surface area contributed by atoms with Crippen LogP contribution in [0.1, 0.15) is 43.5 Å². The van der Waals surface area contributed by atoms with E-state index in [9.17, 15) is 14.4 Å². The summed E-state index contributed by atoms with van der Waals surface area (Å²) in [5.74, 6) is -0.881. The van der Waals surface area contributed by atoms with Crippen molar-refractivity contribution in [2.24, 2.45) is 5.92 Å². The number of carboxylic acids is 1. The third-order valence-corrected chi connectivity index (χ3v) is 2.96. The van der Waals surface area contributed by atoms with E-state index < -0.39 is 17.8 Å². The molecule has 1 rings (SSSR count). The van der Waals surface area contributed by atoms with E-state index in [1.165, 1.54) is 0 Å². The minimum Gasteiger partial charge on any atom is -0.494 e. The van der Waals surface area contributed by atoms with Crippen LogP contribution in [-0.4, -0.2) is 29.5 Å². The van der Waals surface area contributed by atoms with Gasteiger partial charge in [-0.2, -0.15) is 0 Å². The number of nitrogens with one attached hydrogen (secondary N) is 2. The molecule has 0 radical (unpaired) electrons. The van der Waals surface area contributed by atoms with Crippen LogP contribution in [0.15, 0.2) is 24.3 Å². The molecule has 7 heteroatoms. The predicted octanol–water partition coefficient (Wildman–Crippen LogP) is 1.74. The van der Waals surface area contributed by atoms with Gasteiger partial charge in [-0.3, -0.25) is 25.2 Å². The summed E-state index contributed by atoms with van der Waals surface area (Å²) in [6.07, 6.45) is 0.465. The molecule has 0 aliphatic carbocycles. The summed E-state index contributed by atoms with van der Waals surface area (Å²) >= 11 is 0. The monoisotopic (exact) mass is 322 g/mol. The average molecular weight is 322 g/mol. The van der Waals surface area contributed by atoms with Gasteiger partial charge in [-0.05, 0) is 36.6 Å². The zero-order valence-electron chi connectivity index (χ0n) is 13.3. The van der Waals surface area contributed by atoms with Crippen LogP contribution < -0.4 is 15.6 Å². The van der Waals surface area contributed by atoms with Crippen molar-refractivity contribution in [1.29, 1.82) is 0 Å². The molecular weight excluding hydrogens is 300 g/mol. The Morgan fingerprint density at radius 1 is 1.09 bits per heavy atom. The lowest BCUT2D eigenvalue weighted by Gasteiger charge is -2.09. The van der Waals surface area contributed by atoms with Gasteiger partial charge in [-0.25, -0.2) is 0 Å². The highest BCUT2D eigenvalue weighted by molar-refractivity contribution is 5.95. The number of benzene rings is 1. The fourth-order valence-electron chi connectivity index (χ4n) is 1.60. The molecule has 7 nitrogen and oxygen atoms in total. The standard InChI is InChI=1S/C16H22N2O5/c1-11(2)9-10-23-13-5-3-12(4-6-13)16(22)18-17-14(19)7-8-15(20)21/h3-6,11H,7-10H2,1-2H3,(H,17,19)(H,18,22)(H,20,21). The van der Waals surface area contributed by atoms with Crippen molar-refractivity contribution in [2.45, 2.75) is 33.1 Å². The topological polar surface area (TPSA) is 105 Å². The maximum Gasteiger partial charge on any atom is 0.303 e. The van der Waals surface area contributed by atoms with Gasteiger partial charge >= 0.3 is 5.97 Å². The highest BCUT2D eigenvalue weighted by atomic mass is 16.5. The lowest BCUT2D eigenvalue weighted by molar-refractivity contribution is -0.138. The first-order valence-corrected chi connectivity index (χ1v) is 7.42. The van der Waals surface area contributed by atoms with Crippen LogP contribution in [0.25, 0.3) is 0 Å². The number of rotatable bonds is 8. The van der Waals surface area contributed by atoms with Gasteiger partial charge in [0.1, 0.15) is 5.75 Å². The van der Waals surface area contributed by atoms with Crippen molar-refractivity contribution in [2.75, 3.05) is 6.61 Å². The molecule has 0 atom stereocenters. The Balaban J connectivity index is 2.39. The van der Waals surface area contributed by atoms with E-state index in [2.05, 4.69) is 24.7 Å². The van der Waals surface area contributed by atoms with Crippen LogP contribution in [0.2, 0.25) is 0 Å². The molecule has 0 saturated heterocycles. The Morgan fingerprint density at radius 2 is 1.74 bits per heavy atom. The third kappa shape index (κ3) is 7.85. The summed E-state index contributed by atoms with van der Waals surface area (Å²) in [5, 5.41) is 8.46. The number of aliphatic carboxylic acids is 1. The maximum atomic E-state index is 11.8. The fourth-order valence-corrected chi connectivity index (χ4v) is 1.60. The van der Waals surface area contributed by atoms with E-state index in [0.29, 0.717) is 23.8 Å². The van der Waals surface area contributed by atoms with Crippen LogP contribution in [0.5, 0.6) is 5.75 Å². The molecule has 0 aliphatic heterocycles. The molecule has 2 amide bonds. The second-order valence-electron chi connectivity index (χ2n) is 5.45. The van der Waals surface area contributed by atoms with E-state index in [4.69, 9.17) is 9.84 Å². The van der Waals surface area contributed by atoms with Crippen molar-refractivity contribution in [1.82, 2.24) is 10.9 Å². The zero-order chi connectivity index (χ0) is 17.2. The summed E-state index contributed by atoms with van der Waals surface area (Å²) in [7, 11) is 0. The van der Waals surface area contributed by atoms with Gasteiger partial charge in [0.05, 0.1) is 13.0 Å². The van der Waals surface area contributed by atoms with Crippen molar-refractivity contribution >= 4 is 17.8 Å². The first-order valence-electron chi connectivity index (χ1n) is 7.42. The Labute approximate surface area is 135 Å². The molecule has 0 spiro atoms. The summed E-state index contributed by atoms with van der Waals surface area (Å²) in [6, 6.07) is 6.54. The van der Waals surface area contributed by atoms with E-state index in [1.54, 1.807) is 24.3 Å². The lowest BCUT2D eigenvalue weighted by Crippen LogP contribution is -2.41. The quantitative estimate of drug-likeness (QED) is 0.632. The summed E-state index contributed by atoms with van der Waals surface area (Å²) in [6.45, 7) is 4.84. The zero-order valence-corrected chi connectivity index (χ0v) is 13.3. The van der Waals surface area contributed by atoms with Gasteiger partial charge in [0.15, 0.2) is 0 Å². The highest BCUT2D eigenvalue weighted by Crippen LogP contribution is 2.13. The molecule has 0 bridgehead atoms. The molecule has 0 fully saturated rings. The number of ether oxygens (including phenoxy) is 1. The van der Waals surface area contributed by atoms with Gasteiger partial charge in [-0.15, -0.1) is 0 Å². The van der Waals surface area contributed by atoms with E-state index >= 15 is 0 Å². The largest absolute Gasteiger partial charge is 0.494 e. The van der Waals surface area contributed by atoms with Gasteiger partial charge < -0.3 is 9.84 Å². The van der Waals surface area contributed by atoms with Crippen LogP contribution in [0, 0.1) is 5.92 Å². The third-order valence-electron chi connectivity index (χ3n) is 2.96. The van der Waals surface area contributed by atoms with Crippen molar-refractivity contribution in [3.8, 4) is 5.75 Å². The molecule has 1 aromatic carbocycles. The molecule has 3 N–H and O–H groups in total. The van der Waals surface area contributed by atoms with Gasteiger partial charge in [0.25, 0.3) is 5.91 Å². The minimum atomic E-state index is -1.07. The number of carboxylic acid groups (broad SMARTS) is 1. The molecule has 0 saturated carbocycles. The number of hydrazine groups is 1. The maximum absolute atomic E-state index is 11.8. The molecule has 23 heavy (non-hydrogen) atoms. The molecule has 126 valence electrons. The highest BCUT2D eigenvalue weighted by Gasteiger charge is 2.09. The van der Waals surface area contributed by atoms with E-state index in [0.717, 1.165) is 6.42 Å². The normalized spacial score (nSPS) is 10.2. The molecule has 0 heterocycles. The molecule has 0 unspecified atom stereocenters. The van der Waals surface area contributed by atoms with E-state index in [-0.39, 0.29) is 12.8 Å². The Bertz CT molecular complexity index is 540. The number of amides is 2. The van der Waals surface area contributed by atoms with E-state index in [1.807, 2.05) is 0 Å².